The average molecular weight is 451 g/mol. The molecule has 0 N–H and O–H groups in total. The summed E-state index contributed by atoms with van der Waals surface area (Å²) in [5.74, 6) is -0.979. The summed E-state index contributed by atoms with van der Waals surface area (Å²) >= 11 is 0. The van der Waals surface area contributed by atoms with Crippen LogP contribution in [0, 0.1) is 10.8 Å². The average Bonchev–Trinajstić information content (AvgIpc) is 2.96. The Morgan fingerprint density at radius 2 is 1.84 bits per heavy atom. The van der Waals surface area contributed by atoms with Gasteiger partial charge in [0, 0.05) is 25.7 Å². The van der Waals surface area contributed by atoms with E-state index in [-0.39, 0.29) is 39.8 Å². The predicted octanol–water partition coefficient (Wildman–Crippen LogP) is 3.30. The first-order valence-corrected chi connectivity index (χ1v) is 12.4. The Balaban J connectivity index is 1.76. The maximum atomic E-state index is 13.5. The quantitative estimate of drug-likeness (QED) is 0.595. The van der Waals surface area contributed by atoms with E-state index in [9.17, 15) is 18.0 Å². The van der Waals surface area contributed by atoms with Crippen LogP contribution in [0.2, 0.25) is 0 Å². The van der Waals surface area contributed by atoms with E-state index in [1.54, 1.807) is 15.3 Å². The van der Waals surface area contributed by atoms with Gasteiger partial charge in [0.15, 0.2) is 6.61 Å². The van der Waals surface area contributed by atoms with Crippen molar-refractivity contribution in [2.45, 2.75) is 64.8 Å². The molecule has 1 aromatic carbocycles. The lowest BCUT2D eigenvalue weighted by atomic mass is 9.65. The van der Waals surface area contributed by atoms with E-state index in [4.69, 9.17) is 4.74 Å². The van der Waals surface area contributed by atoms with E-state index in [0.717, 1.165) is 19.3 Å². The molecule has 31 heavy (non-hydrogen) atoms. The standard InChI is InChI=1S/C23H34N2O5S/c1-6-24(7-2)20(26)14-30-21(27)17-9-8-10-19(11-17)31(28,29)25-16-23(5)13-18(25)12-22(3,4)15-23/h8-11,18H,6-7,12-16H2,1-5H3. The summed E-state index contributed by atoms with van der Waals surface area (Å²) in [6.07, 6.45) is 2.69. The van der Waals surface area contributed by atoms with Crippen LogP contribution in [0.4, 0.5) is 0 Å². The van der Waals surface area contributed by atoms with Gasteiger partial charge in [0.05, 0.1) is 10.5 Å². The molecule has 2 bridgehead atoms. The predicted molar refractivity (Wildman–Crippen MR) is 118 cm³/mol. The molecule has 2 atom stereocenters. The van der Waals surface area contributed by atoms with Crippen LogP contribution in [-0.2, 0) is 19.6 Å². The molecule has 7 nitrogen and oxygen atoms in total. The van der Waals surface area contributed by atoms with Crippen LogP contribution >= 0.6 is 0 Å². The molecule has 1 amide bonds. The summed E-state index contributed by atoms with van der Waals surface area (Å²) in [6.45, 7) is 11.5. The van der Waals surface area contributed by atoms with E-state index in [1.165, 1.54) is 18.2 Å². The number of hydrogen-bond donors (Lipinski definition) is 0. The van der Waals surface area contributed by atoms with Crippen molar-refractivity contribution in [2.75, 3.05) is 26.2 Å². The Kier molecular flexibility index (Phi) is 6.54. The van der Waals surface area contributed by atoms with Crippen molar-refractivity contribution in [3.8, 4) is 0 Å². The SMILES string of the molecule is CCN(CC)C(=O)COC(=O)c1cccc(S(=O)(=O)N2CC3(C)CC2CC(C)(C)C3)c1. The molecule has 2 aliphatic rings. The fourth-order valence-corrected chi connectivity index (χ4v) is 7.31. The van der Waals surface area contributed by atoms with E-state index >= 15 is 0 Å². The fraction of sp³-hybridized carbons (Fsp3) is 0.652. The van der Waals surface area contributed by atoms with E-state index in [1.807, 2.05) is 13.8 Å². The lowest BCUT2D eigenvalue weighted by Crippen LogP contribution is -2.37. The zero-order valence-corrected chi connectivity index (χ0v) is 20.0. The first-order valence-electron chi connectivity index (χ1n) is 11.0. The Morgan fingerprint density at radius 1 is 1.16 bits per heavy atom. The molecule has 172 valence electrons. The molecule has 1 saturated carbocycles. The second-order valence-electron chi connectivity index (χ2n) is 9.93. The summed E-state index contributed by atoms with van der Waals surface area (Å²) in [7, 11) is -3.74. The molecule has 2 unspecified atom stereocenters. The molecular weight excluding hydrogens is 416 g/mol. The number of nitrogens with zero attached hydrogens (tertiary/aromatic N) is 2. The smallest absolute Gasteiger partial charge is 0.338 e. The highest BCUT2D eigenvalue weighted by Crippen LogP contribution is 2.53. The molecular formula is C23H34N2O5S. The minimum atomic E-state index is -3.74. The number of ether oxygens (including phenoxy) is 1. The molecule has 1 aromatic rings. The van der Waals surface area contributed by atoms with Crippen LogP contribution in [0.5, 0.6) is 0 Å². The maximum absolute atomic E-state index is 13.5. The van der Waals surface area contributed by atoms with Crippen molar-refractivity contribution >= 4 is 21.9 Å². The van der Waals surface area contributed by atoms with Crippen LogP contribution in [0.25, 0.3) is 0 Å². The Hall–Kier alpha value is -1.93. The van der Waals surface area contributed by atoms with E-state index in [0.29, 0.717) is 19.6 Å². The van der Waals surface area contributed by atoms with E-state index in [2.05, 4.69) is 20.8 Å². The van der Waals surface area contributed by atoms with Gasteiger partial charge in [-0.3, -0.25) is 4.79 Å². The lowest BCUT2D eigenvalue weighted by molar-refractivity contribution is -0.134. The number of carbonyl (C=O) groups is 2. The largest absolute Gasteiger partial charge is 0.452 e. The van der Waals surface area contributed by atoms with Crippen LogP contribution in [0.3, 0.4) is 0 Å². The lowest BCUT2D eigenvalue weighted by Gasteiger charge is -2.39. The zero-order valence-electron chi connectivity index (χ0n) is 19.2. The second-order valence-corrected chi connectivity index (χ2v) is 11.8. The molecule has 3 rings (SSSR count). The third-order valence-electron chi connectivity index (χ3n) is 6.49. The molecule has 0 spiro atoms. The Morgan fingerprint density at radius 3 is 2.48 bits per heavy atom. The highest BCUT2D eigenvalue weighted by molar-refractivity contribution is 7.89. The summed E-state index contributed by atoms with van der Waals surface area (Å²) in [4.78, 5) is 26.2. The normalized spacial score (nSPS) is 25.3. The van der Waals surface area contributed by atoms with Crippen molar-refractivity contribution in [1.82, 2.24) is 9.21 Å². The fourth-order valence-electron chi connectivity index (χ4n) is 5.49. The third-order valence-corrected chi connectivity index (χ3v) is 8.38. The van der Waals surface area contributed by atoms with Crippen molar-refractivity contribution < 1.29 is 22.7 Å². The molecule has 2 fully saturated rings. The molecule has 1 heterocycles. The number of carbonyl (C=O) groups excluding carboxylic acids is 2. The first-order chi connectivity index (χ1) is 14.4. The van der Waals surface area contributed by atoms with Gasteiger partial charge in [0.25, 0.3) is 5.91 Å². The highest BCUT2D eigenvalue weighted by atomic mass is 32.2. The molecule has 1 saturated heterocycles. The number of sulfonamides is 1. The van der Waals surface area contributed by atoms with Crippen LogP contribution in [0.1, 0.15) is 64.2 Å². The minimum Gasteiger partial charge on any atom is -0.452 e. The monoisotopic (exact) mass is 450 g/mol. The minimum absolute atomic E-state index is 0.0268. The van der Waals surface area contributed by atoms with Crippen molar-refractivity contribution in [3.63, 3.8) is 0 Å². The van der Waals surface area contributed by atoms with E-state index < -0.39 is 16.0 Å². The molecule has 0 aromatic heterocycles. The van der Waals surface area contributed by atoms with Gasteiger partial charge in [-0.05, 0) is 62.1 Å². The van der Waals surface area contributed by atoms with Gasteiger partial charge in [0.2, 0.25) is 10.0 Å². The van der Waals surface area contributed by atoms with Crippen molar-refractivity contribution in [2.24, 2.45) is 10.8 Å². The number of amides is 1. The summed E-state index contributed by atoms with van der Waals surface area (Å²) < 4.78 is 33.7. The number of fused-ring (bicyclic) bond motifs is 2. The van der Waals surface area contributed by atoms with Gasteiger partial charge < -0.3 is 9.64 Å². The number of esters is 1. The van der Waals surface area contributed by atoms with Gasteiger partial charge >= 0.3 is 5.97 Å². The maximum Gasteiger partial charge on any atom is 0.338 e. The number of rotatable bonds is 7. The zero-order chi connectivity index (χ0) is 23.0. The van der Waals surface area contributed by atoms with Gasteiger partial charge in [-0.1, -0.05) is 26.8 Å². The van der Waals surface area contributed by atoms with Gasteiger partial charge in [-0.15, -0.1) is 0 Å². The topological polar surface area (TPSA) is 84.0 Å². The number of likely N-dealkylation sites (N-methyl/N-ethyl adjacent to an activating group) is 1. The van der Waals surface area contributed by atoms with Crippen LogP contribution in [0.15, 0.2) is 29.2 Å². The Labute approximate surface area is 185 Å². The van der Waals surface area contributed by atoms with Gasteiger partial charge in [-0.2, -0.15) is 4.31 Å². The second kappa shape index (κ2) is 8.54. The molecule has 8 heteroatoms. The van der Waals surface area contributed by atoms with Gasteiger partial charge in [-0.25, -0.2) is 13.2 Å². The summed E-state index contributed by atoms with van der Waals surface area (Å²) in [6, 6.07) is 5.90. The highest BCUT2D eigenvalue weighted by Gasteiger charge is 2.53. The first kappa shape index (κ1) is 23.7. The van der Waals surface area contributed by atoms with Gasteiger partial charge in [0.1, 0.15) is 0 Å². The summed E-state index contributed by atoms with van der Waals surface area (Å²) in [5, 5.41) is 0. The van der Waals surface area contributed by atoms with Crippen molar-refractivity contribution in [3.05, 3.63) is 29.8 Å². The molecule has 1 aliphatic carbocycles. The molecule has 1 aliphatic heterocycles. The number of benzene rings is 1. The third kappa shape index (κ3) is 4.95. The molecule has 0 radical (unpaired) electrons. The summed E-state index contributed by atoms with van der Waals surface area (Å²) in [5.41, 5.74) is 0.202. The van der Waals surface area contributed by atoms with Crippen molar-refractivity contribution in [1.29, 1.82) is 0 Å². The van der Waals surface area contributed by atoms with Crippen LogP contribution in [-0.4, -0.2) is 61.8 Å². The Bertz CT molecular complexity index is 954. The van der Waals surface area contributed by atoms with Crippen LogP contribution < -0.4 is 0 Å². The number of hydrogen-bond acceptors (Lipinski definition) is 5.